The van der Waals surface area contributed by atoms with E-state index in [1.54, 1.807) is 16.9 Å². The predicted molar refractivity (Wildman–Crippen MR) is 95.1 cm³/mol. The van der Waals surface area contributed by atoms with Gasteiger partial charge in [0.2, 0.25) is 0 Å². The van der Waals surface area contributed by atoms with Crippen molar-refractivity contribution in [1.82, 2.24) is 24.6 Å². The van der Waals surface area contributed by atoms with Crippen LogP contribution in [0.5, 0.6) is 11.5 Å². The monoisotopic (exact) mass is 345 g/mol. The lowest BCUT2D eigenvalue weighted by atomic mass is 10.2. The van der Waals surface area contributed by atoms with Crippen LogP contribution in [0.2, 0.25) is 0 Å². The van der Waals surface area contributed by atoms with Gasteiger partial charge >= 0.3 is 0 Å². The fraction of sp³-hybridized carbons (Fsp3) is 0.158. The number of hydrogen-bond donors (Lipinski definition) is 0. The lowest BCUT2D eigenvalue weighted by Crippen LogP contribution is -1.97. The molecule has 0 amide bonds. The van der Waals surface area contributed by atoms with Gasteiger partial charge in [-0.25, -0.2) is 4.98 Å². The van der Waals surface area contributed by atoms with Crippen LogP contribution in [0, 0.1) is 0 Å². The molecule has 1 aliphatic rings. The van der Waals surface area contributed by atoms with Gasteiger partial charge in [0, 0.05) is 24.4 Å². The number of pyridine rings is 1. The topological polar surface area (TPSA) is 74.4 Å². The Morgan fingerprint density at radius 3 is 2.69 bits per heavy atom. The van der Waals surface area contributed by atoms with Gasteiger partial charge in [-0.2, -0.15) is 9.50 Å². The van der Waals surface area contributed by atoms with Gasteiger partial charge in [0.1, 0.15) is 0 Å². The van der Waals surface area contributed by atoms with E-state index in [4.69, 9.17) is 9.47 Å². The molecular weight excluding hydrogens is 330 g/mol. The van der Waals surface area contributed by atoms with E-state index in [-0.39, 0.29) is 0 Å². The van der Waals surface area contributed by atoms with E-state index in [9.17, 15) is 0 Å². The van der Waals surface area contributed by atoms with Crippen molar-refractivity contribution in [2.45, 2.75) is 6.42 Å². The first-order valence-electron chi connectivity index (χ1n) is 8.42. The van der Waals surface area contributed by atoms with Crippen molar-refractivity contribution in [3.63, 3.8) is 0 Å². The smallest absolute Gasteiger partial charge is 0.253 e. The number of aromatic nitrogens is 5. The van der Waals surface area contributed by atoms with Crippen LogP contribution in [-0.4, -0.2) is 37.8 Å². The molecule has 7 nitrogen and oxygen atoms in total. The number of hydrogen-bond acceptors (Lipinski definition) is 6. The fourth-order valence-electron chi connectivity index (χ4n) is 2.93. The highest BCUT2D eigenvalue weighted by atomic mass is 16.5. The molecule has 1 aromatic carbocycles. The van der Waals surface area contributed by atoms with E-state index in [0.29, 0.717) is 24.8 Å². The van der Waals surface area contributed by atoms with Gasteiger partial charge < -0.3 is 9.47 Å². The maximum absolute atomic E-state index is 5.76. The third kappa shape index (κ3) is 2.54. The van der Waals surface area contributed by atoms with Gasteiger partial charge in [-0.3, -0.25) is 4.98 Å². The predicted octanol–water partition coefficient (Wildman–Crippen LogP) is 3.01. The van der Waals surface area contributed by atoms with Crippen LogP contribution < -0.4 is 9.47 Å². The van der Waals surface area contributed by atoms with Gasteiger partial charge in [-0.05, 0) is 36.4 Å². The van der Waals surface area contributed by atoms with Crippen molar-refractivity contribution in [3.05, 3.63) is 54.9 Å². The Bertz CT molecular complexity index is 1080. The summed E-state index contributed by atoms with van der Waals surface area (Å²) in [5, 5.41) is 4.64. The molecule has 0 radical (unpaired) electrons. The van der Waals surface area contributed by atoms with Crippen LogP contribution >= 0.6 is 0 Å². The van der Waals surface area contributed by atoms with E-state index in [1.807, 2.05) is 42.5 Å². The number of fused-ring (bicyclic) bond motifs is 2. The highest BCUT2D eigenvalue weighted by Gasteiger charge is 2.15. The van der Waals surface area contributed by atoms with Crippen LogP contribution in [0.4, 0.5) is 0 Å². The van der Waals surface area contributed by atoms with Crippen molar-refractivity contribution in [1.29, 1.82) is 0 Å². The van der Waals surface area contributed by atoms with E-state index >= 15 is 0 Å². The Kier molecular flexibility index (Phi) is 3.48. The highest BCUT2D eigenvalue weighted by Crippen LogP contribution is 2.33. The third-order valence-corrected chi connectivity index (χ3v) is 4.17. The molecule has 0 spiro atoms. The van der Waals surface area contributed by atoms with Crippen molar-refractivity contribution in [2.24, 2.45) is 0 Å². The molecule has 7 heteroatoms. The van der Waals surface area contributed by atoms with Gasteiger partial charge in [-0.1, -0.05) is 6.07 Å². The molecule has 26 heavy (non-hydrogen) atoms. The van der Waals surface area contributed by atoms with Gasteiger partial charge in [0.15, 0.2) is 17.3 Å². The van der Waals surface area contributed by atoms with Gasteiger partial charge in [-0.15, -0.1) is 5.10 Å². The van der Waals surface area contributed by atoms with Crippen molar-refractivity contribution in [3.8, 4) is 34.3 Å². The van der Waals surface area contributed by atoms with Gasteiger partial charge in [0.05, 0.1) is 24.6 Å². The Balaban J connectivity index is 1.62. The van der Waals surface area contributed by atoms with Crippen LogP contribution in [0.3, 0.4) is 0 Å². The van der Waals surface area contributed by atoms with E-state index in [0.717, 1.165) is 34.9 Å². The zero-order valence-electron chi connectivity index (χ0n) is 13.9. The second-order valence-electron chi connectivity index (χ2n) is 5.90. The zero-order valence-corrected chi connectivity index (χ0v) is 13.9. The molecule has 0 N–H and O–H groups in total. The van der Waals surface area contributed by atoms with Crippen LogP contribution in [-0.2, 0) is 0 Å². The first-order valence-corrected chi connectivity index (χ1v) is 8.42. The third-order valence-electron chi connectivity index (χ3n) is 4.17. The quantitative estimate of drug-likeness (QED) is 0.556. The second kappa shape index (κ2) is 6.11. The minimum Gasteiger partial charge on any atom is -0.490 e. The number of benzene rings is 1. The summed E-state index contributed by atoms with van der Waals surface area (Å²) >= 11 is 0. The van der Waals surface area contributed by atoms with Crippen molar-refractivity contribution >= 4 is 5.78 Å². The lowest BCUT2D eigenvalue weighted by molar-refractivity contribution is 0.297. The normalized spacial score (nSPS) is 13.5. The molecule has 128 valence electrons. The molecule has 0 saturated carbocycles. The lowest BCUT2D eigenvalue weighted by Gasteiger charge is -2.07. The van der Waals surface area contributed by atoms with E-state index in [2.05, 4.69) is 20.1 Å². The molecule has 1 aliphatic heterocycles. The van der Waals surface area contributed by atoms with Crippen molar-refractivity contribution in [2.75, 3.05) is 13.2 Å². The summed E-state index contributed by atoms with van der Waals surface area (Å²) in [6.45, 7) is 1.30. The average molecular weight is 345 g/mol. The summed E-state index contributed by atoms with van der Waals surface area (Å²) in [6, 6.07) is 13.4. The number of rotatable bonds is 2. The van der Waals surface area contributed by atoms with Crippen LogP contribution in [0.25, 0.3) is 28.6 Å². The maximum Gasteiger partial charge on any atom is 0.253 e. The standard InChI is InChI=1S/C19H15N5O2/c1-2-8-20-14(4-1)15-7-9-21-19-22-18(23-24(15)19)13-5-6-16-17(12-13)26-11-3-10-25-16/h1-2,4-9,12H,3,10-11H2. The first-order chi connectivity index (χ1) is 12.9. The fourth-order valence-corrected chi connectivity index (χ4v) is 2.93. The molecule has 0 saturated heterocycles. The zero-order chi connectivity index (χ0) is 17.3. The Morgan fingerprint density at radius 2 is 1.81 bits per heavy atom. The Labute approximate surface area is 149 Å². The highest BCUT2D eigenvalue weighted by molar-refractivity contribution is 5.64. The SMILES string of the molecule is c1ccc(-c2ccnc3nc(-c4ccc5c(c4)OCCCO5)nn23)nc1. The van der Waals surface area contributed by atoms with E-state index in [1.165, 1.54) is 0 Å². The minimum absolute atomic E-state index is 0.523. The number of ether oxygens (including phenoxy) is 2. The summed E-state index contributed by atoms with van der Waals surface area (Å²) < 4.78 is 13.2. The molecule has 0 atom stereocenters. The molecule has 0 bridgehead atoms. The summed E-state index contributed by atoms with van der Waals surface area (Å²) in [5.74, 6) is 2.57. The molecule has 3 aromatic heterocycles. The first kappa shape index (κ1) is 14.8. The molecule has 0 aliphatic carbocycles. The summed E-state index contributed by atoms with van der Waals surface area (Å²) in [5.41, 5.74) is 2.51. The Morgan fingerprint density at radius 1 is 0.885 bits per heavy atom. The maximum atomic E-state index is 5.76. The minimum atomic E-state index is 0.523. The molecule has 5 rings (SSSR count). The van der Waals surface area contributed by atoms with Crippen LogP contribution in [0.15, 0.2) is 54.9 Å². The second-order valence-corrected chi connectivity index (χ2v) is 5.90. The summed E-state index contributed by atoms with van der Waals surface area (Å²) in [4.78, 5) is 13.3. The average Bonchev–Trinajstić information content (AvgIpc) is 2.99. The van der Waals surface area contributed by atoms with E-state index < -0.39 is 0 Å². The summed E-state index contributed by atoms with van der Waals surface area (Å²) in [7, 11) is 0. The largest absolute Gasteiger partial charge is 0.490 e. The van der Waals surface area contributed by atoms with Gasteiger partial charge in [0.25, 0.3) is 5.78 Å². The molecule has 4 heterocycles. The summed E-state index contributed by atoms with van der Waals surface area (Å²) in [6.07, 6.45) is 4.34. The molecule has 0 unspecified atom stereocenters. The number of nitrogens with zero attached hydrogens (tertiary/aromatic N) is 5. The molecular formula is C19H15N5O2. The Hall–Kier alpha value is -3.48. The molecule has 0 fully saturated rings. The van der Waals surface area contributed by atoms with Crippen LogP contribution in [0.1, 0.15) is 6.42 Å². The molecule has 4 aromatic rings. The van der Waals surface area contributed by atoms with Crippen molar-refractivity contribution < 1.29 is 9.47 Å².